The zero-order valence-corrected chi connectivity index (χ0v) is 17.2. The number of aromatic nitrogens is 6. The minimum atomic E-state index is 0.000122. The second-order valence-electron chi connectivity index (χ2n) is 7.32. The zero-order valence-electron chi connectivity index (χ0n) is 17.2. The number of aryl methyl sites for hydroxylation is 2. The first-order valence-corrected chi connectivity index (χ1v) is 10.1. The Balaban J connectivity index is 1.63. The minimum Gasteiger partial charge on any atom is -0.292 e. The molecule has 1 N–H and O–H groups in total. The molecular formula is C23H24N6O. The molecule has 2 aromatic heterocycles. The Labute approximate surface area is 174 Å². The van der Waals surface area contributed by atoms with Crippen LogP contribution in [0.5, 0.6) is 0 Å². The summed E-state index contributed by atoms with van der Waals surface area (Å²) in [7, 11) is 0. The number of benzene rings is 2. The summed E-state index contributed by atoms with van der Waals surface area (Å²) >= 11 is 0. The molecule has 0 amide bonds. The van der Waals surface area contributed by atoms with Gasteiger partial charge in [-0.2, -0.15) is 5.21 Å². The van der Waals surface area contributed by atoms with Gasteiger partial charge >= 0.3 is 0 Å². The van der Waals surface area contributed by atoms with E-state index in [0.717, 1.165) is 53.0 Å². The maximum Gasteiger partial charge on any atom is 0.254 e. The van der Waals surface area contributed by atoms with Crippen LogP contribution in [0.4, 0.5) is 0 Å². The number of unbranched alkanes of at least 4 members (excludes halogenated alkanes) is 1. The molecule has 0 saturated carbocycles. The summed E-state index contributed by atoms with van der Waals surface area (Å²) in [5, 5.41) is 14.4. The van der Waals surface area contributed by atoms with Crippen molar-refractivity contribution < 1.29 is 0 Å². The van der Waals surface area contributed by atoms with Gasteiger partial charge in [0.25, 0.3) is 5.56 Å². The van der Waals surface area contributed by atoms with Crippen LogP contribution in [0.1, 0.15) is 36.8 Å². The highest BCUT2D eigenvalue weighted by Gasteiger charge is 2.11. The monoisotopic (exact) mass is 400 g/mol. The van der Waals surface area contributed by atoms with Crippen LogP contribution >= 0.6 is 0 Å². The van der Waals surface area contributed by atoms with Crippen molar-refractivity contribution in [2.24, 2.45) is 0 Å². The minimum absolute atomic E-state index is 0.000122. The lowest BCUT2D eigenvalue weighted by atomic mass is 9.98. The largest absolute Gasteiger partial charge is 0.292 e. The molecule has 0 unspecified atom stereocenters. The number of rotatable bonds is 7. The summed E-state index contributed by atoms with van der Waals surface area (Å²) in [5.41, 5.74) is 4.83. The van der Waals surface area contributed by atoms with E-state index in [9.17, 15) is 4.79 Å². The molecule has 0 aliphatic rings. The van der Waals surface area contributed by atoms with Gasteiger partial charge in [-0.1, -0.05) is 61.9 Å². The normalized spacial score (nSPS) is 11.0. The second-order valence-corrected chi connectivity index (χ2v) is 7.32. The number of hydrogen-bond donors (Lipinski definition) is 1. The molecule has 7 nitrogen and oxygen atoms in total. The van der Waals surface area contributed by atoms with E-state index in [0.29, 0.717) is 12.4 Å². The summed E-state index contributed by atoms with van der Waals surface area (Å²) in [6.07, 6.45) is 2.89. The van der Waals surface area contributed by atoms with Gasteiger partial charge in [-0.3, -0.25) is 9.36 Å². The fourth-order valence-corrected chi connectivity index (χ4v) is 3.55. The second kappa shape index (κ2) is 8.82. The number of nitrogens with one attached hydrogen (secondary N) is 1. The van der Waals surface area contributed by atoms with Crippen LogP contribution in [0.25, 0.3) is 22.5 Å². The highest BCUT2D eigenvalue weighted by molar-refractivity contribution is 5.80. The van der Waals surface area contributed by atoms with Crippen molar-refractivity contribution in [3.05, 3.63) is 82.0 Å². The average Bonchev–Trinajstić information content (AvgIpc) is 3.30. The molecule has 152 valence electrons. The van der Waals surface area contributed by atoms with Crippen LogP contribution in [-0.2, 0) is 13.0 Å². The van der Waals surface area contributed by atoms with Crippen LogP contribution in [0.3, 0.4) is 0 Å². The lowest BCUT2D eigenvalue weighted by molar-refractivity contribution is 0.632. The van der Waals surface area contributed by atoms with Gasteiger partial charge in [-0.05, 0) is 35.2 Å². The number of aromatic amines is 1. The van der Waals surface area contributed by atoms with Crippen LogP contribution in [0.15, 0.2) is 59.4 Å². The van der Waals surface area contributed by atoms with Gasteiger partial charge in [0.1, 0.15) is 5.82 Å². The summed E-state index contributed by atoms with van der Waals surface area (Å²) in [4.78, 5) is 17.2. The molecule has 4 rings (SSSR count). The first kappa shape index (κ1) is 19.7. The molecule has 2 aromatic carbocycles. The Morgan fingerprint density at radius 2 is 1.80 bits per heavy atom. The molecule has 0 atom stereocenters. The van der Waals surface area contributed by atoms with Gasteiger partial charge in [0.2, 0.25) is 5.82 Å². The van der Waals surface area contributed by atoms with E-state index in [1.807, 2.05) is 31.2 Å². The Bertz CT molecular complexity index is 1180. The highest BCUT2D eigenvalue weighted by atomic mass is 16.1. The van der Waals surface area contributed by atoms with Gasteiger partial charge in [0.05, 0.1) is 6.54 Å². The van der Waals surface area contributed by atoms with Crippen molar-refractivity contribution in [3.63, 3.8) is 0 Å². The van der Waals surface area contributed by atoms with E-state index in [4.69, 9.17) is 0 Å². The molecule has 0 saturated heterocycles. The molecule has 0 radical (unpaired) electrons. The third-order valence-electron chi connectivity index (χ3n) is 5.09. The van der Waals surface area contributed by atoms with Crippen molar-refractivity contribution in [1.82, 2.24) is 30.2 Å². The molecule has 30 heavy (non-hydrogen) atoms. The van der Waals surface area contributed by atoms with Gasteiger partial charge < -0.3 is 0 Å². The van der Waals surface area contributed by atoms with E-state index >= 15 is 0 Å². The Morgan fingerprint density at radius 3 is 2.50 bits per heavy atom. The third-order valence-corrected chi connectivity index (χ3v) is 5.09. The van der Waals surface area contributed by atoms with Crippen molar-refractivity contribution >= 4 is 0 Å². The zero-order chi connectivity index (χ0) is 20.9. The van der Waals surface area contributed by atoms with Crippen LogP contribution in [0, 0.1) is 6.92 Å². The third kappa shape index (κ3) is 4.20. The molecule has 0 bridgehead atoms. The summed E-state index contributed by atoms with van der Waals surface area (Å²) < 4.78 is 1.78. The van der Waals surface area contributed by atoms with Crippen molar-refractivity contribution in [2.45, 2.75) is 39.7 Å². The fourth-order valence-electron chi connectivity index (χ4n) is 3.55. The van der Waals surface area contributed by atoms with Crippen molar-refractivity contribution in [3.8, 4) is 22.5 Å². The number of H-pyrrole nitrogens is 1. The predicted octanol–water partition coefficient (Wildman–Crippen LogP) is 3.79. The maximum atomic E-state index is 12.6. The summed E-state index contributed by atoms with van der Waals surface area (Å²) in [6.45, 7) is 4.53. The lowest BCUT2D eigenvalue weighted by Gasteiger charge is -2.13. The standard InChI is InChI=1S/C23H24N6O/c1-3-4-9-21-24-16(2)14-22(30)29(21)15-17-10-12-18(13-11-17)19-7-5-6-8-20(19)23-25-27-28-26-23/h5-8,10-14H,3-4,9,15H2,1-2H3,(H,25,26,27,28). The molecule has 0 fully saturated rings. The van der Waals surface area contributed by atoms with Crippen LogP contribution < -0.4 is 5.56 Å². The quantitative estimate of drug-likeness (QED) is 0.510. The van der Waals surface area contributed by atoms with Crippen LogP contribution in [0.2, 0.25) is 0 Å². The first-order valence-electron chi connectivity index (χ1n) is 10.1. The summed E-state index contributed by atoms with van der Waals surface area (Å²) in [5.74, 6) is 1.42. The molecule has 0 spiro atoms. The molecule has 2 heterocycles. The average molecular weight is 400 g/mol. The number of tetrazole rings is 1. The topological polar surface area (TPSA) is 89.4 Å². The van der Waals surface area contributed by atoms with E-state index < -0.39 is 0 Å². The lowest BCUT2D eigenvalue weighted by Crippen LogP contribution is -2.25. The smallest absolute Gasteiger partial charge is 0.254 e. The molecule has 0 aliphatic heterocycles. The highest BCUT2D eigenvalue weighted by Crippen LogP contribution is 2.29. The Morgan fingerprint density at radius 1 is 1.03 bits per heavy atom. The first-order chi connectivity index (χ1) is 14.7. The van der Waals surface area contributed by atoms with Gasteiger partial charge in [0.15, 0.2) is 0 Å². The number of hydrogen-bond acceptors (Lipinski definition) is 5. The molecule has 4 aromatic rings. The Kier molecular flexibility index (Phi) is 5.79. The number of nitrogens with zero attached hydrogens (tertiary/aromatic N) is 5. The molecular weight excluding hydrogens is 376 g/mol. The van der Waals surface area contributed by atoms with Crippen LogP contribution in [-0.4, -0.2) is 30.2 Å². The Hall–Kier alpha value is -3.61. The molecule has 0 aliphatic carbocycles. The van der Waals surface area contributed by atoms with Gasteiger partial charge in [-0.15, -0.1) is 10.2 Å². The van der Waals surface area contributed by atoms with Crippen molar-refractivity contribution in [1.29, 1.82) is 0 Å². The predicted molar refractivity (Wildman–Crippen MR) is 116 cm³/mol. The van der Waals surface area contributed by atoms with Gasteiger partial charge in [0, 0.05) is 23.7 Å². The van der Waals surface area contributed by atoms with Gasteiger partial charge in [-0.25, -0.2) is 4.98 Å². The maximum absolute atomic E-state index is 12.6. The van der Waals surface area contributed by atoms with E-state index in [1.165, 1.54) is 0 Å². The summed E-state index contributed by atoms with van der Waals surface area (Å²) in [6, 6.07) is 17.8. The molecule has 7 heteroatoms. The fraction of sp³-hybridized carbons (Fsp3) is 0.261. The SMILES string of the molecule is CCCCc1nc(C)cc(=O)n1Cc1ccc(-c2ccccc2-c2nn[nH]n2)cc1. The van der Waals surface area contributed by atoms with E-state index in [2.05, 4.69) is 56.8 Å². The van der Waals surface area contributed by atoms with Crippen molar-refractivity contribution in [2.75, 3.05) is 0 Å². The van der Waals surface area contributed by atoms with E-state index in [1.54, 1.807) is 10.6 Å². The van der Waals surface area contributed by atoms with E-state index in [-0.39, 0.29) is 5.56 Å².